The van der Waals surface area contributed by atoms with E-state index >= 15 is 0 Å². The summed E-state index contributed by atoms with van der Waals surface area (Å²) in [6, 6.07) is 17.9. The van der Waals surface area contributed by atoms with Gasteiger partial charge in [-0.3, -0.25) is 4.90 Å². The molecule has 0 bridgehead atoms. The van der Waals surface area contributed by atoms with Gasteiger partial charge in [0.25, 0.3) is 0 Å². The SMILES string of the molecule is C[C@@H](O)CN(Cc1ccccc1)C[C@@H]1CC(c2ccc(Cl)cc2)=NO1. The lowest BCUT2D eigenvalue weighted by Crippen LogP contribution is -2.37. The molecule has 1 heterocycles. The first-order chi connectivity index (χ1) is 12.1. The monoisotopic (exact) mass is 358 g/mol. The standard InChI is InChI=1S/C20H23ClN2O2/c1-15(24)12-23(13-16-5-3-2-4-6-16)14-19-11-20(22-25-19)17-7-9-18(21)10-8-17/h2-10,15,19,24H,11-14H2,1H3/t15-,19+/m1/s1. The minimum absolute atomic E-state index is 0.00635. The van der Waals surface area contributed by atoms with E-state index in [4.69, 9.17) is 16.4 Å². The Morgan fingerprint density at radius 1 is 1.20 bits per heavy atom. The van der Waals surface area contributed by atoms with Crippen LogP contribution in [-0.4, -0.2) is 41.0 Å². The van der Waals surface area contributed by atoms with Crippen molar-refractivity contribution < 1.29 is 9.94 Å². The fraction of sp³-hybridized carbons (Fsp3) is 0.350. The second-order valence-corrected chi connectivity index (χ2v) is 6.94. The van der Waals surface area contributed by atoms with Gasteiger partial charge in [-0.25, -0.2) is 0 Å². The topological polar surface area (TPSA) is 45.1 Å². The number of oxime groups is 1. The average molecular weight is 359 g/mol. The summed E-state index contributed by atoms with van der Waals surface area (Å²) < 4.78 is 0. The number of aliphatic hydroxyl groups is 1. The van der Waals surface area contributed by atoms with E-state index < -0.39 is 0 Å². The molecule has 0 aliphatic carbocycles. The van der Waals surface area contributed by atoms with Crippen molar-refractivity contribution in [2.24, 2.45) is 5.16 Å². The summed E-state index contributed by atoms with van der Waals surface area (Å²) in [5.41, 5.74) is 3.20. The summed E-state index contributed by atoms with van der Waals surface area (Å²) in [5, 5.41) is 14.8. The van der Waals surface area contributed by atoms with Crippen LogP contribution in [0.2, 0.25) is 5.02 Å². The van der Waals surface area contributed by atoms with Gasteiger partial charge < -0.3 is 9.94 Å². The number of benzene rings is 2. The fourth-order valence-electron chi connectivity index (χ4n) is 3.05. The highest BCUT2D eigenvalue weighted by atomic mass is 35.5. The van der Waals surface area contributed by atoms with Gasteiger partial charge in [-0.2, -0.15) is 0 Å². The maximum absolute atomic E-state index is 9.81. The van der Waals surface area contributed by atoms with Crippen molar-refractivity contribution >= 4 is 17.3 Å². The maximum atomic E-state index is 9.81. The quantitative estimate of drug-likeness (QED) is 0.820. The van der Waals surface area contributed by atoms with Crippen molar-refractivity contribution in [1.82, 2.24) is 4.90 Å². The molecule has 3 rings (SSSR count). The van der Waals surface area contributed by atoms with Crippen LogP contribution in [0, 0.1) is 0 Å². The predicted molar refractivity (Wildman–Crippen MR) is 101 cm³/mol. The number of nitrogens with zero attached hydrogens (tertiary/aromatic N) is 2. The van der Waals surface area contributed by atoms with Crippen LogP contribution in [0.15, 0.2) is 59.8 Å². The molecule has 0 saturated heterocycles. The number of halogens is 1. The van der Waals surface area contributed by atoms with Crippen molar-refractivity contribution in [1.29, 1.82) is 0 Å². The summed E-state index contributed by atoms with van der Waals surface area (Å²) >= 11 is 5.94. The average Bonchev–Trinajstić information content (AvgIpc) is 3.04. The highest BCUT2D eigenvalue weighted by Gasteiger charge is 2.25. The van der Waals surface area contributed by atoms with Crippen LogP contribution in [0.5, 0.6) is 0 Å². The summed E-state index contributed by atoms with van der Waals surface area (Å²) in [4.78, 5) is 7.84. The Morgan fingerprint density at radius 2 is 1.92 bits per heavy atom. The molecule has 0 radical (unpaired) electrons. The molecule has 0 fully saturated rings. The molecular formula is C20H23ClN2O2. The van der Waals surface area contributed by atoms with E-state index in [1.54, 1.807) is 0 Å². The van der Waals surface area contributed by atoms with Crippen molar-refractivity contribution in [3.8, 4) is 0 Å². The minimum atomic E-state index is -0.387. The van der Waals surface area contributed by atoms with Crippen molar-refractivity contribution in [2.75, 3.05) is 13.1 Å². The Bertz CT molecular complexity index is 701. The van der Waals surface area contributed by atoms with Crippen LogP contribution in [0.4, 0.5) is 0 Å². The maximum Gasteiger partial charge on any atom is 0.145 e. The van der Waals surface area contributed by atoms with Gasteiger partial charge in [0.2, 0.25) is 0 Å². The number of hydrogen-bond acceptors (Lipinski definition) is 4. The summed E-state index contributed by atoms with van der Waals surface area (Å²) in [6.07, 6.45) is 0.363. The van der Waals surface area contributed by atoms with Crippen LogP contribution < -0.4 is 0 Å². The first kappa shape index (κ1) is 17.9. The Hall–Kier alpha value is -1.88. The van der Waals surface area contributed by atoms with E-state index in [9.17, 15) is 5.11 Å². The molecule has 0 saturated carbocycles. The molecule has 1 aliphatic rings. The molecule has 0 aromatic heterocycles. The number of aliphatic hydroxyl groups excluding tert-OH is 1. The van der Waals surface area contributed by atoms with Crippen LogP contribution in [-0.2, 0) is 11.4 Å². The van der Waals surface area contributed by atoms with E-state index in [-0.39, 0.29) is 12.2 Å². The predicted octanol–water partition coefficient (Wildman–Crippen LogP) is 3.72. The molecule has 0 unspecified atom stereocenters. The molecule has 2 aromatic carbocycles. The molecule has 5 heteroatoms. The fourth-order valence-corrected chi connectivity index (χ4v) is 3.17. The van der Waals surface area contributed by atoms with Gasteiger partial charge in [0.1, 0.15) is 6.10 Å². The number of hydrogen-bond donors (Lipinski definition) is 1. The van der Waals surface area contributed by atoms with Gasteiger partial charge in [0, 0.05) is 31.1 Å². The van der Waals surface area contributed by atoms with E-state index in [0.29, 0.717) is 11.6 Å². The zero-order chi connectivity index (χ0) is 17.6. The molecule has 2 aromatic rings. The van der Waals surface area contributed by atoms with Gasteiger partial charge in [-0.1, -0.05) is 59.2 Å². The molecule has 132 valence electrons. The van der Waals surface area contributed by atoms with E-state index in [0.717, 1.165) is 30.8 Å². The molecule has 0 spiro atoms. The summed E-state index contributed by atoms with van der Waals surface area (Å²) in [7, 11) is 0. The second-order valence-electron chi connectivity index (χ2n) is 6.51. The Morgan fingerprint density at radius 3 is 2.60 bits per heavy atom. The third-order valence-electron chi connectivity index (χ3n) is 4.14. The molecular weight excluding hydrogens is 336 g/mol. The van der Waals surface area contributed by atoms with Gasteiger partial charge >= 0.3 is 0 Å². The van der Waals surface area contributed by atoms with Crippen LogP contribution >= 0.6 is 11.6 Å². The summed E-state index contributed by atoms with van der Waals surface area (Å²) in [5.74, 6) is 0. The van der Waals surface area contributed by atoms with E-state index in [1.165, 1.54) is 5.56 Å². The van der Waals surface area contributed by atoms with Gasteiger partial charge in [-0.15, -0.1) is 0 Å². The minimum Gasteiger partial charge on any atom is -0.392 e. The Balaban J connectivity index is 1.60. The zero-order valence-corrected chi connectivity index (χ0v) is 15.1. The normalized spacial score (nSPS) is 18.1. The largest absolute Gasteiger partial charge is 0.392 e. The highest BCUT2D eigenvalue weighted by molar-refractivity contribution is 6.30. The lowest BCUT2D eigenvalue weighted by atomic mass is 10.0. The van der Waals surface area contributed by atoms with Gasteiger partial charge in [-0.05, 0) is 30.2 Å². The Kier molecular flexibility index (Phi) is 6.08. The van der Waals surface area contributed by atoms with E-state index in [2.05, 4.69) is 22.2 Å². The molecule has 1 aliphatic heterocycles. The Labute approximate surface area is 153 Å². The second kappa shape index (κ2) is 8.48. The molecule has 0 amide bonds. The lowest BCUT2D eigenvalue weighted by Gasteiger charge is -2.25. The van der Waals surface area contributed by atoms with Crippen molar-refractivity contribution in [3.05, 3.63) is 70.7 Å². The smallest absolute Gasteiger partial charge is 0.145 e. The van der Waals surface area contributed by atoms with E-state index in [1.807, 2.05) is 49.4 Å². The van der Waals surface area contributed by atoms with Crippen molar-refractivity contribution in [2.45, 2.75) is 32.1 Å². The third kappa shape index (κ3) is 5.30. The lowest BCUT2D eigenvalue weighted by molar-refractivity contribution is 0.0351. The first-order valence-electron chi connectivity index (χ1n) is 8.53. The van der Waals surface area contributed by atoms with Gasteiger partial charge in [0.05, 0.1) is 11.8 Å². The third-order valence-corrected chi connectivity index (χ3v) is 4.40. The molecule has 4 nitrogen and oxygen atoms in total. The number of rotatable bonds is 7. The highest BCUT2D eigenvalue weighted by Crippen LogP contribution is 2.20. The van der Waals surface area contributed by atoms with Crippen molar-refractivity contribution in [3.63, 3.8) is 0 Å². The van der Waals surface area contributed by atoms with Crippen LogP contribution in [0.25, 0.3) is 0 Å². The summed E-state index contributed by atoms with van der Waals surface area (Å²) in [6.45, 7) is 3.91. The van der Waals surface area contributed by atoms with Gasteiger partial charge in [0.15, 0.2) is 0 Å². The molecule has 1 N–H and O–H groups in total. The molecule has 2 atom stereocenters. The van der Waals surface area contributed by atoms with Crippen LogP contribution in [0.1, 0.15) is 24.5 Å². The molecule has 25 heavy (non-hydrogen) atoms. The first-order valence-corrected chi connectivity index (χ1v) is 8.91. The zero-order valence-electron chi connectivity index (χ0n) is 14.3. The van der Waals surface area contributed by atoms with Crippen LogP contribution in [0.3, 0.4) is 0 Å².